The standard InChI is InChI=1S/C29H46O5/c1-15(2)17-10-24(34-26(33)11-17)16(3)22-14-23(31)27-20-7-6-18-12-19(30)13-25(32)29(18,5)21(20)8-9-28(22,27)4/h15-22,24-25,27,30,32H,6-14H2,1-5H3. The summed E-state index contributed by atoms with van der Waals surface area (Å²) in [6.45, 7) is 11.2. The summed E-state index contributed by atoms with van der Waals surface area (Å²) >= 11 is 0. The molecule has 4 aliphatic carbocycles. The van der Waals surface area contributed by atoms with Crippen LogP contribution < -0.4 is 0 Å². The van der Waals surface area contributed by atoms with E-state index in [-0.39, 0.29) is 40.7 Å². The Balaban J connectivity index is 1.39. The number of hydrogen-bond acceptors (Lipinski definition) is 5. The minimum atomic E-state index is -0.487. The van der Waals surface area contributed by atoms with Crippen molar-refractivity contribution < 1.29 is 24.5 Å². The van der Waals surface area contributed by atoms with Crippen LogP contribution in [0.1, 0.15) is 92.4 Å². The van der Waals surface area contributed by atoms with Crippen LogP contribution in [0.25, 0.3) is 0 Å². The number of cyclic esters (lactones) is 1. The summed E-state index contributed by atoms with van der Waals surface area (Å²) in [4.78, 5) is 26.1. The zero-order chi connectivity index (χ0) is 24.6. The second-order valence-corrected chi connectivity index (χ2v) is 13.7. The van der Waals surface area contributed by atoms with Crippen molar-refractivity contribution in [3.8, 4) is 0 Å². The fourth-order valence-corrected chi connectivity index (χ4v) is 9.87. The number of carbonyl (C=O) groups is 2. The molecule has 12 atom stereocenters. The number of esters is 1. The van der Waals surface area contributed by atoms with Crippen LogP contribution in [0, 0.1) is 58.2 Å². The summed E-state index contributed by atoms with van der Waals surface area (Å²) in [7, 11) is 0. The molecule has 0 aromatic rings. The zero-order valence-electron chi connectivity index (χ0n) is 21.8. The van der Waals surface area contributed by atoms with Gasteiger partial charge in [0.25, 0.3) is 0 Å². The summed E-state index contributed by atoms with van der Waals surface area (Å²) in [5.41, 5.74) is -0.256. The smallest absolute Gasteiger partial charge is 0.306 e. The number of ether oxygens (including phenoxy) is 1. The van der Waals surface area contributed by atoms with Crippen LogP contribution in [0.5, 0.6) is 0 Å². The van der Waals surface area contributed by atoms with Crippen molar-refractivity contribution in [2.45, 2.75) is 111 Å². The molecule has 0 radical (unpaired) electrons. The first kappa shape index (κ1) is 24.7. The second-order valence-electron chi connectivity index (χ2n) is 13.7. The van der Waals surface area contributed by atoms with E-state index >= 15 is 0 Å². The highest BCUT2D eigenvalue weighted by Gasteiger charge is 2.65. The Hall–Kier alpha value is -0.940. The normalized spacial score (nSPS) is 51.9. The molecule has 1 heterocycles. The van der Waals surface area contributed by atoms with Crippen LogP contribution in [-0.4, -0.2) is 40.3 Å². The summed E-state index contributed by atoms with van der Waals surface area (Å²) < 4.78 is 5.91. The van der Waals surface area contributed by atoms with E-state index in [1.807, 2.05) is 0 Å². The predicted octanol–water partition coefficient (Wildman–Crippen LogP) is 4.77. The molecule has 5 nitrogen and oxygen atoms in total. The number of ketones is 1. The van der Waals surface area contributed by atoms with Crippen LogP contribution in [0.3, 0.4) is 0 Å². The molecular weight excluding hydrogens is 428 g/mol. The van der Waals surface area contributed by atoms with Gasteiger partial charge in [0, 0.05) is 18.8 Å². The Morgan fingerprint density at radius 2 is 1.71 bits per heavy atom. The van der Waals surface area contributed by atoms with Gasteiger partial charge in [-0.15, -0.1) is 0 Å². The number of aliphatic hydroxyl groups excluding tert-OH is 2. The molecule has 5 rings (SSSR count). The van der Waals surface area contributed by atoms with E-state index in [4.69, 9.17) is 4.74 Å². The maximum atomic E-state index is 13.7. The average molecular weight is 475 g/mol. The lowest BCUT2D eigenvalue weighted by Gasteiger charge is -2.62. The van der Waals surface area contributed by atoms with Gasteiger partial charge in [-0.3, -0.25) is 9.59 Å². The minimum absolute atomic E-state index is 0.0516. The van der Waals surface area contributed by atoms with Gasteiger partial charge in [0.05, 0.1) is 12.2 Å². The number of hydrogen-bond donors (Lipinski definition) is 2. The second kappa shape index (κ2) is 8.57. The van der Waals surface area contributed by atoms with E-state index < -0.39 is 12.2 Å². The molecule has 5 aliphatic rings. The van der Waals surface area contributed by atoms with E-state index in [1.54, 1.807) is 0 Å². The van der Waals surface area contributed by atoms with Crippen molar-refractivity contribution in [3.05, 3.63) is 0 Å². The van der Waals surface area contributed by atoms with E-state index in [0.717, 1.165) is 38.5 Å². The molecular formula is C29H46O5. The summed E-state index contributed by atoms with van der Waals surface area (Å²) in [5.74, 6) is 2.66. The van der Waals surface area contributed by atoms with Gasteiger partial charge in [-0.05, 0) is 97.2 Å². The Bertz CT molecular complexity index is 823. The highest BCUT2D eigenvalue weighted by molar-refractivity contribution is 5.85. The Labute approximate surface area is 205 Å². The van der Waals surface area contributed by atoms with Gasteiger partial charge in [-0.2, -0.15) is 0 Å². The van der Waals surface area contributed by atoms with Gasteiger partial charge >= 0.3 is 5.97 Å². The first-order valence-electron chi connectivity index (χ1n) is 14.0. The van der Waals surface area contributed by atoms with Gasteiger partial charge in [-0.1, -0.05) is 34.6 Å². The number of carbonyl (C=O) groups excluding carboxylic acids is 2. The van der Waals surface area contributed by atoms with Crippen LogP contribution in [0.2, 0.25) is 0 Å². The minimum Gasteiger partial charge on any atom is -0.462 e. The Morgan fingerprint density at radius 1 is 0.971 bits per heavy atom. The van der Waals surface area contributed by atoms with Crippen molar-refractivity contribution in [3.63, 3.8) is 0 Å². The third-order valence-corrected chi connectivity index (χ3v) is 12.0. The maximum Gasteiger partial charge on any atom is 0.306 e. The predicted molar refractivity (Wildman–Crippen MR) is 130 cm³/mol. The molecule has 2 N–H and O–H groups in total. The molecule has 192 valence electrons. The molecule has 0 bridgehead atoms. The van der Waals surface area contributed by atoms with E-state index in [2.05, 4.69) is 34.6 Å². The van der Waals surface area contributed by atoms with E-state index in [0.29, 0.717) is 54.6 Å². The van der Waals surface area contributed by atoms with Crippen molar-refractivity contribution in [2.75, 3.05) is 0 Å². The lowest BCUT2D eigenvalue weighted by atomic mass is 9.43. The van der Waals surface area contributed by atoms with Crippen molar-refractivity contribution >= 4 is 11.8 Å². The van der Waals surface area contributed by atoms with Gasteiger partial charge in [0.1, 0.15) is 11.9 Å². The molecule has 1 aliphatic heterocycles. The zero-order valence-corrected chi connectivity index (χ0v) is 21.8. The quantitative estimate of drug-likeness (QED) is 0.576. The van der Waals surface area contributed by atoms with Crippen LogP contribution in [0.15, 0.2) is 0 Å². The molecule has 0 aromatic carbocycles. The first-order chi connectivity index (χ1) is 16.0. The van der Waals surface area contributed by atoms with Gasteiger partial charge in [-0.25, -0.2) is 0 Å². The molecule has 34 heavy (non-hydrogen) atoms. The molecule has 0 spiro atoms. The van der Waals surface area contributed by atoms with Crippen LogP contribution in [-0.2, 0) is 14.3 Å². The molecule has 5 heteroatoms. The number of Topliss-reactive ketones (excluding diaryl/α,β-unsaturated/α-hetero) is 1. The molecule has 4 saturated carbocycles. The molecule has 0 aromatic heterocycles. The molecule has 12 unspecified atom stereocenters. The lowest BCUT2D eigenvalue weighted by Crippen LogP contribution is -2.60. The summed E-state index contributed by atoms with van der Waals surface area (Å²) in [5, 5.41) is 21.5. The third-order valence-electron chi connectivity index (χ3n) is 12.0. The van der Waals surface area contributed by atoms with E-state index in [1.165, 1.54) is 0 Å². The van der Waals surface area contributed by atoms with E-state index in [9.17, 15) is 19.8 Å². The van der Waals surface area contributed by atoms with Crippen molar-refractivity contribution in [2.24, 2.45) is 58.2 Å². The third kappa shape index (κ3) is 3.62. The first-order valence-corrected chi connectivity index (χ1v) is 14.0. The topological polar surface area (TPSA) is 83.8 Å². The number of rotatable bonds is 3. The van der Waals surface area contributed by atoms with Crippen LogP contribution in [0.4, 0.5) is 0 Å². The SMILES string of the molecule is CC(C)C1CC(=O)OC(C(C)C2CC(=O)C3C4CCC5CC(O)CC(O)C5(C)C4CCC23C)C1. The van der Waals surface area contributed by atoms with Crippen LogP contribution >= 0.6 is 0 Å². The van der Waals surface area contributed by atoms with Gasteiger partial charge in [0.2, 0.25) is 0 Å². The summed E-state index contributed by atoms with van der Waals surface area (Å²) in [6, 6.07) is 0. The largest absolute Gasteiger partial charge is 0.462 e. The monoisotopic (exact) mass is 474 g/mol. The number of fused-ring (bicyclic) bond motifs is 5. The molecule has 5 fully saturated rings. The lowest BCUT2D eigenvalue weighted by molar-refractivity contribution is -0.186. The van der Waals surface area contributed by atoms with Crippen molar-refractivity contribution in [1.82, 2.24) is 0 Å². The highest BCUT2D eigenvalue weighted by atomic mass is 16.5. The fourth-order valence-electron chi connectivity index (χ4n) is 9.87. The molecule has 1 saturated heterocycles. The fraction of sp³-hybridized carbons (Fsp3) is 0.931. The Morgan fingerprint density at radius 3 is 2.41 bits per heavy atom. The van der Waals surface area contributed by atoms with Crippen molar-refractivity contribution in [1.29, 1.82) is 0 Å². The summed E-state index contributed by atoms with van der Waals surface area (Å²) in [6.07, 6.45) is 6.41. The number of aliphatic hydroxyl groups is 2. The maximum absolute atomic E-state index is 13.7. The average Bonchev–Trinajstić information content (AvgIpc) is 3.04. The molecule has 0 amide bonds. The highest BCUT2D eigenvalue weighted by Crippen LogP contribution is 2.67. The Kier molecular flexibility index (Phi) is 6.24. The van der Waals surface area contributed by atoms with Gasteiger partial charge in [0.15, 0.2) is 0 Å². The van der Waals surface area contributed by atoms with Gasteiger partial charge < -0.3 is 14.9 Å².